The molecule has 1 aliphatic carbocycles. The Hall–Kier alpha value is -0.930. The lowest BCUT2D eigenvalue weighted by Gasteiger charge is -2.25. The summed E-state index contributed by atoms with van der Waals surface area (Å²) in [7, 11) is 0. The van der Waals surface area contributed by atoms with Gasteiger partial charge in [-0.25, -0.2) is 0 Å². The second-order valence-corrected chi connectivity index (χ2v) is 5.89. The molecule has 3 nitrogen and oxygen atoms in total. The van der Waals surface area contributed by atoms with Crippen LogP contribution in [0.2, 0.25) is 0 Å². The van der Waals surface area contributed by atoms with Gasteiger partial charge < -0.3 is 10.4 Å². The van der Waals surface area contributed by atoms with E-state index in [4.69, 9.17) is 0 Å². The molecule has 1 heterocycles. The molecule has 2 rings (SSSR count). The first kappa shape index (κ1) is 12.5. The number of nitrogens with zero attached hydrogens (tertiary/aromatic N) is 1. The number of nitrogens with one attached hydrogen (secondary N) is 1. The molecule has 2 atom stereocenters. The smallest absolute Gasteiger partial charge is 0.0748 e. The summed E-state index contributed by atoms with van der Waals surface area (Å²) in [5, 5.41) is 13.6. The van der Waals surface area contributed by atoms with Crippen LogP contribution in [0.1, 0.15) is 44.4 Å². The Morgan fingerprint density at radius 3 is 3.00 bits per heavy atom. The predicted octanol–water partition coefficient (Wildman–Crippen LogP) is 1.86. The minimum Gasteiger partial charge on any atom is -0.391 e. The van der Waals surface area contributed by atoms with Crippen molar-refractivity contribution in [2.24, 2.45) is 0 Å². The summed E-state index contributed by atoms with van der Waals surface area (Å²) < 4.78 is 0. The van der Waals surface area contributed by atoms with Crippen LogP contribution in [0.25, 0.3) is 0 Å². The number of hydrogen-bond donors (Lipinski definition) is 2. The van der Waals surface area contributed by atoms with Crippen molar-refractivity contribution in [3.05, 3.63) is 29.6 Å². The van der Waals surface area contributed by atoms with Gasteiger partial charge >= 0.3 is 0 Å². The van der Waals surface area contributed by atoms with Crippen molar-refractivity contribution >= 4 is 0 Å². The third kappa shape index (κ3) is 3.05. The zero-order valence-corrected chi connectivity index (χ0v) is 10.9. The van der Waals surface area contributed by atoms with E-state index in [-0.39, 0.29) is 17.6 Å². The number of hydrogen-bond acceptors (Lipinski definition) is 3. The maximum atomic E-state index is 10.3. The Morgan fingerprint density at radius 1 is 1.53 bits per heavy atom. The second kappa shape index (κ2) is 4.75. The first-order valence-corrected chi connectivity index (χ1v) is 6.34. The largest absolute Gasteiger partial charge is 0.391 e. The molecular formula is C14H22N2O. The van der Waals surface area contributed by atoms with Gasteiger partial charge in [-0.1, -0.05) is 6.07 Å². The van der Waals surface area contributed by atoms with Crippen molar-refractivity contribution in [3.8, 4) is 0 Å². The third-order valence-electron chi connectivity index (χ3n) is 3.31. The molecule has 0 spiro atoms. The SMILES string of the molecule is CC(C)(C)NCC(O)C1CCc2cccnc21. The van der Waals surface area contributed by atoms with Crippen LogP contribution in [0.4, 0.5) is 0 Å². The molecule has 0 saturated heterocycles. The topological polar surface area (TPSA) is 45.1 Å². The highest BCUT2D eigenvalue weighted by Crippen LogP contribution is 2.33. The van der Waals surface area contributed by atoms with Gasteiger partial charge in [0.2, 0.25) is 0 Å². The van der Waals surface area contributed by atoms with Crippen LogP contribution in [0.15, 0.2) is 18.3 Å². The number of aliphatic hydroxyl groups is 1. The third-order valence-corrected chi connectivity index (χ3v) is 3.31. The number of aryl methyl sites for hydroxylation is 1. The molecule has 3 heteroatoms. The van der Waals surface area contributed by atoms with Gasteiger partial charge in [0, 0.05) is 29.9 Å². The summed E-state index contributed by atoms with van der Waals surface area (Å²) >= 11 is 0. The summed E-state index contributed by atoms with van der Waals surface area (Å²) in [6.45, 7) is 6.96. The highest BCUT2D eigenvalue weighted by molar-refractivity contribution is 5.29. The van der Waals surface area contributed by atoms with Gasteiger partial charge in [0.1, 0.15) is 0 Å². The van der Waals surface area contributed by atoms with E-state index in [0.29, 0.717) is 6.54 Å². The van der Waals surface area contributed by atoms with Crippen molar-refractivity contribution in [1.29, 1.82) is 0 Å². The van der Waals surface area contributed by atoms with Crippen molar-refractivity contribution in [2.45, 2.75) is 51.2 Å². The lowest BCUT2D eigenvalue weighted by Crippen LogP contribution is -2.42. The number of β-amino-alcohol motifs (C(OH)–C–C–N with tert-alkyl or cyclic N) is 1. The Bertz CT molecular complexity index is 384. The normalized spacial score (nSPS) is 21.3. The van der Waals surface area contributed by atoms with Crippen LogP contribution >= 0.6 is 0 Å². The maximum Gasteiger partial charge on any atom is 0.0748 e. The molecule has 0 fully saturated rings. The highest BCUT2D eigenvalue weighted by Gasteiger charge is 2.30. The molecule has 0 bridgehead atoms. The van der Waals surface area contributed by atoms with E-state index in [1.54, 1.807) is 0 Å². The molecule has 1 aromatic heterocycles. The highest BCUT2D eigenvalue weighted by atomic mass is 16.3. The molecule has 0 aliphatic heterocycles. The van der Waals surface area contributed by atoms with E-state index < -0.39 is 0 Å². The minimum atomic E-state index is -0.342. The van der Waals surface area contributed by atoms with Gasteiger partial charge in [-0.3, -0.25) is 4.98 Å². The van der Waals surface area contributed by atoms with E-state index in [9.17, 15) is 5.11 Å². The van der Waals surface area contributed by atoms with Crippen molar-refractivity contribution in [1.82, 2.24) is 10.3 Å². The first-order chi connectivity index (χ1) is 7.97. The van der Waals surface area contributed by atoms with Gasteiger partial charge in [-0.2, -0.15) is 0 Å². The molecule has 0 saturated carbocycles. The Balaban J connectivity index is 2.00. The van der Waals surface area contributed by atoms with Crippen LogP contribution < -0.4 is 5.32 Å². The summed E-state index contributed by atoms with van der Waals surface area (Å²) in [5.41, 5.74) is 2.44. The fourth-order valence-electron chi connectivity index (χ4n) is 2.37. The number of aromatic nitrogens is 1. The number of pyridine rings is 1. The van der Waals surface area contributed by atoms with E-state index in [2.05, 4.69) is 37.1 Å². The summed E-state index contributed by atoms with van der Waals surface area (Å²) in [6.07, 6.45) is 3.53. The van der Waals surface area contributed by atoms with Crippen LogP contribution in [-0.4, -0.2) is 28.3 Å². The van der Waals surface area contributed by atoms with E-state index in [1.165, 1.54) is 5.56 Å². The monoisotopic (exact) mass is 234 g/mol. The maximum absolute atomic E-state index is 10.3. The molecule has 0 radical (unpaired) electrons. The molecule has 1 aliphatic rings. The average Bonchev–Trinajstić information content (AvgIpc) is 2.68. The summed E-state index contributed by atoms with van der Waals surface area (Å²) in [4.78, 5) is 4.42. The van der Waals surface area contributed by atoms with Gasteiger partial charge in [-0.05, 0) is 45.2 Å². The molecule has 1 aromatic rings. The molecule has 94 valence electrons. The van der Waals surface area contributed by atoms with E-state index in [1.807, 2.05) is 12.3 Å². The van der Waals surface area contributed by atoms with Crippen molar-refractivity contribution in [3.63, 3.8) is 0 Å². The zero-order chi connectivity index (χ0) is 12.5. The second-order valence-electron chi connectivity index (χ2n) is 5.89. The Labute approximate surface area is 103 Å². The molecule has 17 heavy (non-hydrogen) atoms. The predicted molar refractivity (Wildman–Crippen MR) is 69.1 cm³/mol. The number of rotatable bonds is 3. The summed E-state index contributed by atoms with van der Waals surface area (Å²) in [6, 6.07) is 4.09. The van der Waals surface area contributed by atoms with Crippen LogP contribution in [0, 0.1) is 0 Å². The van der Waals surface area contributed by atoms with E-state index >= 15 is 0 Å². The fourth-order valence-corrected chi connectivity index (χ4v) is 2.37. The number of fused-ring (bicyclic) bond motifs is 1. The van der Waals surface area contributed by atoms with Crippen molar-refractivity contribution in [2.75, 3.05) is 6.54 Å². The standard InChI is InChI=1S/C14H22N2O/c1-14(2,3)16-9-12(17)11-7-6-10-5-4-8-15-13(10)11/h4-5,8,11-12,16-17H,6-7,9H2,1-3H3. The average molecular weight is 234 g/mol. The fraction of sp³-hybridized carbons (Fsp3) is 0.643. The van der Waals surface area contributed by atoms with Crippen LogP contribution in [0.5, 0.6) is 0 Å². The molecular weight excluding hydrogens is 212 g/mol. The van der Waals surface area contributed by atoms with E-state index in [0.717, 1.165) is 18.5 Å². The van der Waals surface area contributed by atoms with Gasteiger partial charge in [-0.15, -0.1) is 0 Å². The molecule has 2 unspecified atom stereocenters. The Kier molecular flexibility index (Phi) is 3.50. The first-order valence-electron chi connectivity index (χ1n) is 6.34. The molecule has 2 N–H and O–H groups in total. The number of aliphatic hydroxyl groups excluding tert-OH is 1. The zero-order valence-electron chi connectivity index (χ0n) is 10.9. The van der Waals surface area contributed by atoms with Crippen molar-refractivity contribution < 1.29 is 5.11 Å². The lowest BCUT2D eigenvalue weighted by molar-refractivity contribution is 0.130. The Morgan fingerprint density at radius 2 is 2.29 bits per heavy atom. The quantitative estimate of drug-likeness (QED) is 0.839. The molecule has 0 amide bonds. The molecule has 0 aromatic carbocycles. The lowest BCUT2D eigenvalue weighted by atomic mass is 9.98. The van der Waals surface area contributed by atoms with Crippen LogP contribution in [-0.2, 0) is 6.42 Å². The van der Waals surface area contributed by atoms with Gasteiger partial charge in [0.15, 0.2) is 0 Å². The van der Waals surface area contributed by atoms with Gasteiger partial charge in [0.25, 0.3) is 0 Å². The minimum absolute atomic E-state index is 0.0481. The van der Waals surface area contributed by atoms with Gasteiger partial charge in [0.05, 0.1) is 6.10 Å². The van der Waals surface area contributed by atoms with Crippen LogP contribution in [0.3, 0.4) is 0 Å². The summed E-state index contributed by atoms with van der Waals surface area (Å²) in [5.74, 6) is 0.195.